The normalized spacial score (nSPS) is 18.3. The van der Waals surface area contributed by atoms with Crippen LogP contribution in [-0.2, 0) is 4.79 Å². The summed E-state index contributed by atoms with van der Waals surface area (Å²) in [5.74, 6) is -0.109. The van der Waals surface area contributed by atoms with Gasteiger partial charge in [-0.25, -0.2) is 0 Å². The Bertz CT molecular complexity index is 528. The standard InChI is InChI=1S/C14H20N4O2/c1-18(2)14(20)9-5-6-11(10(15)8-9)17-12-4-3-7-16-13(12)19/h5-6,8,12,17H,3-4,7,15H2,1-2H3,(H,16,19). The molecule has 2 amide bonds. The maximum Gasteiger partial charge on any atom is 0.253 e. The zero-order valence-electron chi connectivity index (χ0n) is 11.8. The third-order valence-electron chi connectivity index (χ3n) is 3.32. The van der Waals surface area contributed by atoms with Gasteiger partial charge < -0.3 is 21.3 Å². The van der Waals surface area contributed by atoms with Crippen molar-refractivity contribution in [3.63, 3.8) is 0 Å². The number of nitrogen functional groups attached to an aromatic ring is 1. The molecule has 0 bridgehead atoms. The molecule has 1 aromatic carbocycles. The van der Waals surface area contributed by atoms with Crippen LogP contribution in [0, 0.1) is 0 Å². The molecule has 1 heterocycles. The number of hydrogen-bond donors (Lipinski definition) is 3. The topological polar surface area (TPSA) is 87.5 Å². The summed E-state index contributed by atoms with van der Waals surface area (Å²) < 4.78 is 0. The minimum Gasteiger partial charge on any atom is -0.397 e. The van der Waals surface area contributed by atoms with Crippen LogP contribution in [0.5, 0.6) is 0 Å². The number of carbonyl (C=O) groups is 2. The molecule has 1 aromatic rings. The zero-order valence-corrected chi connectivity index (χ0v) is 11.8. The number of benzene rings is 1. The molecule has 0 saturated carbocycles. The number of nitrogens with one attached hydrogen (secondary N) is 2. The molecule has 0 spiro atoms. The molecular formula is C14H20N4O2. The van der Waals surface area contributed by atoms with Gasteiger partial charge in [0.25, 0.3) is 5.91 Å². The van der Waals surface area contributed by atoms with Crippen LogP contribution in [0.2, 0.25) is 0 Å². The van der Waals surface area contributed by atoms with Gasteiger partial charge in [-0.1, -0.05) is 0 Å². The first-order chi connectivity index (χ1) is 9.49. The van der Waals surface area contributed by atoms with Crippen molar-refractivity contribution in [3.05, 3.63) is 23.8 Å². The Kier molecular flexibility index (Phi) is 4.12. The summed E-state index contributed by atoms with van der Waals surface area (Å²) in [6, 6.07) is 4.82. The highest BCUT2D eigenvalue weighted by atomic mass is 16.2. The summed E-state index contributed by atoms with van der Waals surface area (Å²) in [4.78, 5) is 25.0. The van der Waals surface area contributed by atoms with Gasteiger partial charge in [-0.15, -0.1) is 0 Å². The van der Waals surface area contributed by atoms with Crippen LogP contribution in [-0.4, -0.2) is 43.4 Å². The smallest absolute Gasteiger partial charge is 0.253 e. The number of nitrogens with two attached hydrogens (primary N) is 1. The predicted molar refractivity (Wildman–Crippen MR) is 78.5 cm³/mol. The van der Waals surface area contributed by atoms with Crippen LogP contribution in [0.15, 0.2) is 18.2 Å². The van der Waals surface area contributed by atoms with Gasteiger partial charge in [0.1, 0.15) is 6.04 Å². The average molecular weight is 276 g/mol. The lowest BCUT2D eigenvalue weighted by molar-refractivity contribution is -0.123. The zero-order chi connectivity index (χ0) is 14.7. The molecule has 4 N–H and O–H groups in total. The number of anilines is 2. The summed E-state index contributed by atoms with van der Waals surface area (Å²) in [5.41, 5.74) is 7.64. The van der Waals surface area contributed by atoms with E-state index in [0.29, 0.717) is 16.9 Å². The fraction of sp³-hybridized carbons (Fsp3) is 0.429. The number of piperidine rings is 1. The molecule has 6 nitrogen and oxygen atoms in total. The largest absolute Gasteiger partial charge is 0.397 e. The molecular weight excluding hydrogens is 256 g/mol. The lowest BCUT2D eigenvalue weighted by Gasteiger charge is -2.24. The molecule has 2 rings (SSSR count). The number of nitrogens with zero attached hydrogens (tertiary/aromatic N) is 1. The van der Waals surface area contributed by atoms with Gasteiger partial charge in [-0.2, -0.15) is 0 Å². The number of amides is 2. The first kappa shape index (κ1) is 14.2. The summed E-state index contributed by atoms with van der Waals surface area (Å²) in [5, 5.41) is 5.95. The van der Waals surface area contributed by atoms with Gasteiger partial charge in [0, 0.05) is 26.2 Å². The second-order valence-electron chi connectivity index (χ2n) is 5.13. The quantitative estimate of drug-likeness (QED) is 0.708. The minimum absolute atomic E-state index is 0.0101. The van der Waals surface area contributed by atoms with Gasteiger partial charge in [0.05, 0.1) is 11.4 Å². The molecule has 1 saturated heterocycles. The molecule has 1 fully saturated rings. The molecule has 6 heteroatoms. The van der Waals surface area contributed by atoms with Gasteiger partial charge in [0.2, 0.25) is 5.91 Å². The van der Waals surface area contributed by atoms with E-state index in [1.807, 2.05) is 0 Å². The Hall–Kier alpha value is -2.24. The Morgan fingerprint density at radius 1 is 1.45 bits per heavy atom. The van der Waals surface area contributed by atoms with Gasteiger partial charge >= 0.3 is 0 Å². The van der Waals surface area contributed by atoms with Crippen molar-refractivity contribution in [2.75, 3.05) is 31.7 Å². The number of rotatable bonds is 3. The molecule has 108 valence electrons. The second-order valence-corrected chi connectivity index (χ2v) is 5.13. The monoisotopic (exact) mass is 276 g/mol. The molecule has 1 atom stereocenters. The van der Waals surface area contributed by atoms with E-state index in [1.54, 1.807) is 32.3 Å². The molecule has 0 aliphatic carbocycles. The first-order valence-electron chi connectivity index (χ1n) is 6.64. The fourth-order valence-electron chi connectivity index (χ4n) is 2.18. The maximum atomic E-state index is 11.8. The van der Waals surface area contributed by atoms with Crippen molar-refractivity contribution in [2.24, 2.45) is 0 Å². The van der Waals surface area contributed by atoms with E-state index < -0.39 is 0 Å². The van der Waals surface area contributed by atoms with Gasteiger partial charge in [-0.05, 0) is 31.0 Å². The Balaban J connectivity index is 2.13. The minimum atomic E-state index is -0.263. The summed E-state index contributed by atoms with van der Waals surface area (Å²) in [7, 11) is 3.38. The third-order valence-corrected chi connectivity index (χ3v) is 3.32. The molecule has 1 unspecified atom stereocenters. The second kappa shape index (κ2) is 5.81. The lowest BCUT2D eigenvalue weighted by atomic mass is 10.1. The van der Waals surface area contributed by atoms with E-state index >= 15 is 0 Å². The van der Waals surface area contributed by atoms with Crippen LogP contribution >= 0.6 is 0 Å². The fourth-order valence-corrected chi connectivity index (χ4v) is 2.18. The lowest BCUT2D eigenvalue weighted by Crippen LogP contribution is -2.44. The SMILES string of the molecule is CN(C)C(=O)c1ccc(NC2CCCNC2=O)c(N)c1. The van der Waals surface area contributed by atoms with Crippen LogP contribution in [0.3, 0.4) is 0 Å². The Morgan fingerprint density at radius 2 is 2.20 bits per heavy atom. The Labute approximate surface area is 118 Å². The molecule has 0 aromatic heterocycles. The highest BCUT2D eigenvalue weighted by molar-refractivity contribution is 5.96. The van der Waals surface area contributed by atoms with Crippen LogP contribution < -0.4 is 16.4 Å². The number of hydrogen-bond acceptors (Lipinski definition) is 4. The third kappa shape index (κ3) is 3.01. The highest BCUT2D eigenvalue weighted by Crippen LogP contribution is 2.22. The van der Waals surface area contributed by atoms with Crippen molar-refractivity contribution in [1.29, 1.82) is 0 Å². The van der Waals surface area contributed by atoms with E-state index in [4.69, 9.17) is 5.73 Å². The molecule has 0 radical (unpaired) electrons. The highest BCUT2D eigenvalue weighted by Gasteiger charge is 2.22. The number of carbonyl (C=O) groups excluding carboxylic acids is 2. The summed E-state index contributed by atoms with van der Waals surface area (Å²) >= 11 is 0. The van der Waals surface area contributed by atoms with Crippen molar-refractivity contribution in [2.45, 2.75) is 18.9 Å². The maximum absolute atomic E-state index is 11.8. The molecule has 1 aliphatic heterocycles. The van der Waals surface area contributed by atoms with E-state index in [-0.39, 0.29) is 17.9 Å². The van der Waals surface area contributed by atoms with Crippen molar-refractivity contribution < 1.29 is 9.59 Å². The molecule has 20 heavy (non-hydrogen) atoms. The van der Waals surface area contributed by atoms with Crippen molar-refractivity contribution in [3.8, 4) is 0 Å². The average Bonchev–Trinajstić information content (AvgIpc) is 2.42. The van der Waals surface area contributed by atoms with E-state index in [0.717, 1.165) is 19.4 Å². The summed E-state index contributed by atoms with van der Waals surface area (Å²) in [6.45, 7) is 0.725. The predicted octanol–water partition coefficient (Wildman–Crippen LogP) is 0.661. The summed E-state index contributed by atoms with van der Waals surface area (Å²) in [6.07, 6.45) is 1.73. The van der Waals surface area contributed by atoms with E-state index in [9.17, 15) is 9.59 Å². The van der Waals surface area contributed by atoms with E-state index in [1.165, 1.54) is 4.90 Å². The van der Waals surface area contributed by atoms with Crippen LogP contribution in [0.1, 0.15) is 23.2 Å². The molecule has 1 aliphatic rings. The van der Waals surface area contributed by atoms with Gasteiger partial charge in [-0.3, -0.25) is 9.59 Å². The first-order valence-corrected chi connectivity index (χ1v) is 6.64. The van der Waals surface area contributed by atoms with Crippen LogP contribution in [0.25, 0.3) is 0 Å². The van der Waals surface area contributed by atoms with Crippen LogP contribution in [0.4, 0.5) is 11.4 Å². The van der Waals surface area contributed by atoms with Crippen molar-refractivity contribution >= 4 is 23.2 Å². The van der Waals surface area contributed by atoms with Gasteiger partial charge in [0.15, 0.2) is 0 Å². The van der Waals surface area contributed by atoms with Crippen molar-refractivity contribution in [1.82, 2.24) is 10.2 Å². The van der Waals surface area contributed by atoms with E-state index in [2.05, 4.69) is 10.6 Å². The Morgan fingerprint density at radius 3 is 2.80 bits per heavy atom.